The van der Waals surface area contributed by atoms with Crippen molar-refractivity contribution >= 4 is 29.2 Å². The van der Waals surface area contributed by atoms with Gasteiger partial charge in [0.25, 0.3) is 0 Å². The molecule has 0 heterocycles. The van der Waals surface area contributed by atoms with E-state index in [4.69, 9.17) is 22.4 Å². The average Bonchev–Trinajstić information content (AvgIpc) is 2.24. The van der Waals surface area contributed by atoms with Crippen molar-refractivity contribution in [2.24, 2.45) is 5.73 Å². The molecule has 0 aliphatic carbocycles. The second-order valence-corrected chi connectivity index (χ2v) is 4.12. The first-order chi connectivity index (χ1) is 8.38. The van der Waals surface area contributed by atoms with Crippen LogP contribution in [0.25, 0.3) is 0 Å². The van der Waals surface area contributed by atoms with Crippen LogP contribution < -0.4 is 11.1 Å². The van der Waals surface area contributed by atoms with Gasteiger partial charge in [-0.25, -0.2) is 4.39 Å². The highest BCUT2D eigenvalue weighted by molar-refractivity contribution is 6.30. The van der Waals surface area contributed by atoms with Crippen molar-refractivity contribution in [2.45, 2.75) is 18.9 Å². The summed E-state index contributed by atoms with van der Waals surface area (Å²) in [6.07, 6.45) is -0.206. The van der Waals surface area contributed by atoms with Gasteiger partial charge in [0.1, 0.15) is 5.82 Å². The summed E-state index contributed by atoms with van der Waals surface area (Å²) in [6.45, 7) is 0. The maximum absolute atomic E-state index is 13.0. The predicted octanol–water partition coefficient (Wildman–Crippen LogP) is 1.61. The fourth-order valence-corrected chi connectivity index (χ4v) is 1.49. The molecular weight excluding hydrogens is 263 g/mol. The number of anilines is 1. The zero-order valence-electron chi connectivity index (χ0n) is 9.32. The standard InChI is InChI=1S/C11H12ClFN2O3/c12-6-3-7(13)5-8(4-6)15-11(18)9(14)1-2-10(16)17/h3-5,9H,1-2,14H2,(H,15,18)(H,16,17). The molecule has 5 nitrogen and oxygen atoms in total. The molecule has 4 N–H and O–H groups in total. The van der Waals surface area contributed by atoms with E-state index in [0.29, 0.717) is 0 Å². The highest BCUT2D eigenvalue weighted by Crippen LogP contribution is 2.18. The molecule has 0 aliphatic heterocycles. The van der Waals surface area contributed by atoms with E-state index in [9.17, 15) is 14.0 Å². The second kappa shape index (κ2) is 6.32. The Hall–Kier alpha value is -1.66. The molecular formula is C11H12ClFN2O3. The van der Waals surface area contributed by atoms with Gasteiger partial charge in [0.05, 0.1) is 6.04 Å². The SMILES string of the molecule is NC(CCC(=O)O)C(=O)Nc1cc(F)cc(Cl)c1. The van der Waals surface area contributed by atoms with Gasteiger partial charge in [-0.2, -0.15) is 0 Å². The molecule has 0 radical (unpaired) electrons. The first kappa shape index (κ1) is 14.4. The summed E-state index contributed by atoms with van der Waals surface area (Å²) in [5.41, 5.74) is 5.66. The molecule has 98 valence electrons. The Morgan fingerprint density at radius 3 is 2.67 bits per heavy atom. The van der Waals surface area contributed by atoms with E-state index < -0.39 is 23.7 Å². The fourth-order valence-electron chi connectivity index (χ4n) is 1.27. The number of amides is 1. The van der Waals surface area contributed by atoms with Crippen LogP contribution in [0.15, 0.2) is 18.2 Å². The number of carbonyl (C=O) groups is 2. The van der Waals surface area contributed by atoms with Crippen LogP contribution in [-0.4, -0.2) is 23.0 Å². The minimum absolute atomic E-state index is 0.00418. The number of carboxylic acids is 1. The molecule has 0 aromatic heterocycles. The quantitative estimate of drug-likeness (QED) is 0.760. The first-order valence-electron chi connectivity index (χ1n) is 5.13. The van der Waals surface area contributed by atoms with Crippen LogP contribution in [0.4, 0.5) is 10.1 Å². The molecule has 0 aliphatic rings. The first-order valence-corrected chi connectivity index (χ1v) is 5.50. The summed E-state index contributed by atoms with van der Waals surface area (Å²) in [5.74, 6) is -2.21. The summed E-state index contributed by atoms with van der Waals surface area (Å²) in [7, 11) is 0. The van der Waals surface area contributed by atoms with Crippen LogP contribution >= 0.6 is 11.6 Å². The molecule has 1 amide bonds. The number of halogens is 2. The van der Waals surface area contributed by atoms with Crippen LogP contribution in [0, 0.1) is 5.82 Å². The number of nitrogens with one attached hydrogen (secondary N) is 1. The lowest BCUT2D eigenvalue weighted by atomic mass is 10.1. The Morgan fingerprint density at radius 1 is 1.44 bits per heavy atom. The van der Waals surface area contributed by atoms with E-state index in [0.717, 1.165) is 12.1 Å². The molecule has 0 saturated carbocycles. The van der Waals surface area contributed by atoms with Crippen molar-refractivity contribution in [3.05, 3.63) is 29.0 Å². The van der Waals surface area contributed by atoms with Gasteiger partial charge in [-0.1, -0.05) is 11.6 Å². The molecule has 7 heteroatoms. The van der Waals surface area contributed by atoms with Gasteiger partial charge in [-0.05, 0) is 24.6 Å². The molecule has 0 saturated heterocycles. The molecule has 1 atom stereocenters. The highest BCUT2D eigenvalue weighted by Gasteiger charge is 2.15. The summed E-state index contributed by atoms with van der Waals surface area (Å²) < 4.78 is 13.0. The number of nitrogens with two attached hydrogens (primary N) is 1. The zero-order chi connectivity index (χ0) is 13.7. The van der Waals surface area contributed by atoms with Crippen LogP contribution in [-0.2, 0) is 9.59 Å². The molecule has 1 unspecified atom stereocenters. The predicted molar refractivity (Wildman–Crippen MR) is 64.9 cm³/mol. The van der Waals surface area contributed by atoms with Crippen molar-refractivity contribution < 1.29 is 19.1 Å². The maximum Gasteiger partial charge on any atom is 0.303 e. The number of benzene rings is 1. The van der Waals surface area contributed by atoms with Gasteiger partial charge in [-0.3, -0.25) is 9.59 Å². The van der Waals surface area contributed by atoms with Gasteiger partial charge in [0.15, 0.2) is 0 Å². The van der Waals surface area contributed by atoms with Crippen LogP contribution in [0.5, 0.6) is 0 Å². The fraction of sp³-hybridized carbons (Fsp3) is 0.273. The molecule has 18 heavy (non-hydrogen) atoms. The Bertz CT molecular complexity index is 447. The van der Waals surface area contributed by atoms with Crippen LogP contribution in [0.1, 0.15) is 12.8 Å². The number of carboxylic acid groups (broad SMARTS) is 1. The monoisotopic (exact) mass is 274 g/mol. The molecule has 0 spiro atoms. The van der Waals surface area contributed by atoms with E-state index in [-0.39, 0.29) is 23.6 Å². The largest absolute Gasteiger partial charge is 0.481 e. The number of hydrogen-bond donors (Lipinski definition) is 3. The maximum atomic E-state index is 13.0. The Morgan fingerprint density at radius 2 is 2.11 bits per heavy atom. The third-order valence-corrected chi connectivity index (χ3v) is 2.35. The van der Waals surface area contributed by atoms with Crippen molar-refractivity contribution in [2.75, 3.05) is 5.32 Å². The van der Waals surface area contributed by atoms with E-state index >= 15 is 0 Å². The van der Waals surface area contributed by atoms with Crippen molar-refractivity contribution in [3.8, 4) is 0 Å². The topological polar surface area (TPSA) is 92.4 Å². The lowest BCUT2D eigenvalue weighted by Gasteiger charge is -2.11. The van der Waals surface area contributed by atoms with E-state index in [2.05, 4.69) is 5.32 Å². The van der Waals surface area contributed by atoms with Crippen LogP contribution in [0.2, 0.25) is 5.02 Å². The normalized spacial score (nSPS) is 11.9. The van der Waals surface area contributed by atoms with Gasteiger partial charge in [0.2, 0.25) is 5.91 Å². The van der Waals surface area contributed by atoms with Gasteiger partial charge >= 0.3 is 5.97 Å². The highest BCUT2D eigenvalue weighted by atomic mass is 35.5. The third-order valence-electron chi connectivity index (χ3n) is 2.14. The second-order valence-electron chi connectivity index (χ2n) is 3.69. The molecule has 0 bridgehead atoms. The van der Waals surface area contributed by atoms with Gasteiger partial charge < -0.3 is 16.2 Å². The van der Waals surface area contributed by atoms with Gasteiger partial charge in [-0.15, -0.1) is 0 Å². The van der Waals surface area contributed by atoms with E-state index in [1.54, 1.807) is 0 Å². The summed E-state index contributed by atoms with van der Waals surface area (Å²) in [5, 5.41) is 11.0. The molecule has 1 aromatic carbocycles. The summed E-state index contributed by atoms with van der Waals surface area (Å²) >= 11 is 5.62. The van der Waals surface area contributed by atoms with Gasteiger partial charge in [0, 0.05) is 17.1 Å². The van der Waals surface area contributed by atoms with Crippen molar-refractivity contribution in [1.29, 1.82) is 0 Å². The lowest BCUT2D eigenvalue weighted by Crippen LogP contribution is -2.36. The Labute approximate surface area is 108 Å². The molecule has 1 rings (SSSR count). The zero-order valence-corrected chi connectivity index (χ0v) is 10.1. The lowest BCUT2D eigenvalue weighted by molar-refractivity contribution is -0.137. The smallest absolute Gasteiger partial charge is 0.303 e. The number of aliphatic carboxylic acids is 1. The Balaban J connectivity index is 2.60. The summed E-state index contributed by atoms with van der Waals surface area (Å²) in [4.78, 5) is 21.9. The average molecular weight is 275 g/mol. The number of rotatable bonds is 5. The van der Waals surface area contributed by atoms with Crippen LogP contribution in [0.3, 0.4) is 0 Å². The van der Waals surface area contributed by atoms with Crippen molar-refractivity contribution in [1.82, 2.24) is 0 Å². The minimum atomic E-state index is -1.04. The third kappa shape index (κ3) is 4.68. The number of hydrogen-bond acceptors (Lipinski definition) is 3. The molecule has 0 fully saturated rings. The minimum Gasteiger partial charge on any atom is -0.481 e. The van der Waals surface area contributed by atoms with Crippen molar-refractivity contribution in [3.63, 3.8) is 0 Å². The summed E-state index contributed by atoms with van der Waals surface area (Å²) in [6, 6.07) is 2.59. The Kier molecular flexibility index (Phi) is 5.06. The van der Waals surface area contributed by atoms with E-state index in [1.807, 2.05) is 0 Å². The number of carbonyl (C=O) groups excluding carboxylic acids is 1. The van der Waals surface area contributed by atoms with E-state index in [1.165, 1.54) is 6.07 Å². The molecule has 1 aromatic rings.